The van der Waals surface area contributed by atoms with Gasteiger partial charge in [0.2, 0.25) is 0 Å². The number of rotatable bonds is 2. The fourth-order valence-electron chi connectivity index (χ4n) is 2.71. The molecule has 0 unspecified atom stereocenters. The van der Waals surface area contributed by atoms with Crippen LogP contribution in [0.1, 0.15) is 5.56 Å². The zero-order chi connectivity index (χ0) is 15.1. The van der Waals surface area contributed by atoms with Gasteiger partial charge in [0.25, 0.3) is 6.01 Å². The minimum absolute atomic E-state index is 0.663. The SMILES string of the molecule is Cc1c(Cl)cc2nc(N3CCNCC3)oc2c1-c1nccs1. The van der Waals surface area contributed by atoms with E-state index in [0.29, 0.717) is 11.0 Å². The Hall–Kier alpha value is -1.63. The van der Waals surface area contributed by atoms with Gasteiger partial charge < -0.3 is 14.6 Å². The number of halogens is 1. The summed E-state index contributed by atoms with van der Waals surface area (Å²) in [6, 6.07) is 2.54. The van der Waals surface area contributed by atoms with Crippen molar-refractivity contribution in [2.45, 2.75) is 6.92 Å². The monoisotopic (exact) mass is 334 g/mol. The van der Waals surface area contributed by atoms with Crippen molar-refractivity contribution in [2.24, 2.45) is 0 Å². The Morgan fingerprint density at radius 1 is 1.36 bits per heavy atom. The molecule has 0 bridgehead atoms. The highest BCUT2D eigenvalue weighted by Crippen LogP contribution is 2.38. The second-order valence-corrected chi connectivity index (χ2v) is 6.58. The van der Waals surface area contributed by atoms with Crippen LogP contribution in [0.2, 0.25) is 5.02 Å². The topological polar surface area (TPSA) is 54.2 Å². The summed E-state index contributed by atoms with van der Waals surface area (Å²) in [6.45, 7) is 5.67. The largest absolute Gasteiger partial charge is 0.423 e. The molecule has 0 radical (unpaired) electrons. The summed E-state index contributed by atoms with van der Waals surface area (Å²) >= 11 is 7.95. The van der Waals surface area contributed by atoms with Crippen molar-refractivity contribution in [1.82, 2.24) is 15.3 Å². The summed E-state index contributed by atoms with van der Waals surface area (Å²) < 4.78 is 6.09. The molecule has 3 heterocycles. The number of hydrogen-bond acceptors (Lipinski definition) is 6. The van der Waals surface area contributed by atoms with Gasteiger partial charge in [0.1, 0.15) is 10.5 Å². The molecule has 1 N–H and O–H groups in total. The van der Waals surface area contributed by atoms with E-state index >= 15 is 0 Å². The molecule has 5 nitrogen and oxygen atoms in total. The Labute approximate surface area is 136 Å². The van der Waals surface area contributed by atoms with Gasteiger partial charge in [-0.3, -0.25) is 0 Å². The summed E-state index contributed by atoms with van der Waals surface area (Å²) in [6.07, 6.45) is 1.79. The number of fused-ring (bicyclic) bond motifs is 1. The molecule has 0 saturated carbocycles. The summed E-state index contributed by atoms with van der Waals surface area (Å²) in [5, 5.41) is 6.89. The third-order valence-corrected chi connectivity index (χ3v) is 5.08. The zero-order valence-electron chi connectivity index (χ0n) is 12.1. The number of nitrogens with zero attached hydrogens (tertiary/aromatic N) is 3. The molecule has 1 aliphatic heterocycles. The maximum atomic E-state index is 6.38. The van der Waals surface area contributed by atoms with Crippen molar-refractivity contribution < 1.29 is 4.42 Å². The van der Waals surface area contributed by atoms with Crippen LogP contribution in [0.5, 0.6) is 0 Å². The van der Waals surface area contributed by atoms with Crippen LogP contribution < -0.4 is 10.2 Å². The second-order valence-electron chi connectivity index (χ2n) is 5.28. The smallest absolute Gasteiger partial charge is 0.298 e. The van der Waals surface area contributed by atoms with Crippen LogP contribution in [-0.4, -0.2) is 36.1 Å². The number of thiazole rings is 1. The number of nitrogens with one attached hydrogen (secondary N) is 1. The molecule has 0 amide bonds. The predicted molar refractivity (Wildman–Crippen MR) is 89.9 cm³/mol. The Balaban J connectivity index is 1.90. The predicted octanol–water partition coefficient (Wildman–Crippen LogP) is 3.32. The molecule has 1 aliphatic rings. The lowest BCUT2D eigenvalue weighted by molar-refractivity contribution is 0.518. The normalized spacial score (nSPS) is 15.6. The van der Waals surface area contributed by atoms with Crippen molar-refractivity contribution in [3.63, 3.8) is 0 Å². The Morgan fingerprint density at radius 3 is 2.91 bits per heavy atom. The average Bonchev–Trinajstić information content (AvgIpc) is 3.19. The van der Waals surface area contributed by atoms with Crippen molar-refractivity contribution in [3.8, 4) is 10.6 Å². The van der Waals surface area contributed by atoms with E-state index < -0.39 is 0 Å². The standard InChI is InChI=1S/C15H15ClN4OS/c1-9-10(16)8-11-13(12(9)14-18-4-7-22-14)21-15(19-11)20-5-2-17-3-6-20/h4,7-8,17H,2-3,5-6H2,1H3. The minimum Gasteiger partial charge on any atom is -0.423 e. The van der Waals surface area contributed by atoms with Crippen LogP contribution in [0.3, 0.4) is 0 Å². The van der Waals surface area contributed by atoms with E-state index in [9.17, 15) is 0 Å². The molecule has 1 aromatic carbocycles. The lowest BCUT2D eigenvalue weighted by Gasteiger charge is -2.25. The van der Waals surface area contributed by atoms with Crippen molar-refractivity contribution >= 4 is 40.1 Å². The molecule has 0 spiro atoms. The number of aromatic nitrogens is 2. The van der Waals surface area contributed by atoms with Gasteiger partial charge in [-0.1, -0.05) is 11.6 Å². The maximum absolute atomic E-state index is 6.38. The molecule has 0 atom stereocenters. The summed E-state index contributed by atoms with van der Waals surface area (Å²) in [7, 11) is 0. The van der Waals surface area contributed by atoms with E-state index in [0.717, 1.165) is 53.4 Å². The Kier molecular flexibility index (Phi) is 3.52. The van der Waals surface area contributed by atoms with Crippen LogP contribution in [0, 0.1) is 6.92 Å². The van der Waals surface area contributed by atoms with Gasteiger partial charge in [0, 0.05) is 42.8 Å². The fraction of sp³-hybridized carbons (Fsp3) is 0.333. The Bertz CT molecular complexity index is 809. The first-order valence-electron chi connectivity index (χ1n) is 7.19. The first-order chi connectivity index (χ1) is 10.7. The van der Waals surface area contributed by atoms with Crippen LogP contribution in [0.25, 0.3) is 21.7 Å². The first kappa shape index (κ1) is 14.0. The van der Waals surface area contributed by atoms with Crippen LogP contribution in [0.4, 0.5) is 6.01 Å². The molecular formula is C15H15ClN4OS. The van der Waals surface area contributed by atoms with E-state index in [4.69, 9.17) is 16.0 Å². The quantitative estimate of drug-likeness (QED) is 0.779. The molecular weight excluding hydrogens is 320 g/mol. The molecule has 1 saturated heterocycles. The van der Waals surface area contributed by atoms with Gasteiger partial charge in [-0.25, -0.2) is 4.98 Å². The molecule has 4 rings (SSSR count). The minimum atomic E-state index is 0.663. The van der Waals surface area contributed by atoms with Crippen molar-refractivity contribution in [2.75, 3.05) is 31.1 Å². The summed E-state index contributed by atoms with van der Waals surface area (Å²) in [5.74, 6) is 0. The van der Waals surface area contributed by atoms with Gasteiger partial charge in [-0.05, 0) is 18.6 Å². The molecule has 3 aromatic rings. The number of hydrogen-bond donors (Lipinski definition) is 1. The highest BCUT2D eigenvalue weighted by atomic mass is 35.5. The van der Waals surface area contributed by atoms with E-state index in [1.807, 2.05) is 18.4 Å². The molecule has 114 valence electrons. The van der Waals surface area contributed by atoms with Crippen molar-refractivity contribution in [1.29, 1.82) is 0 Å². The maximum Gasteiger partial charge on any atom is 0.298 e. The van der Waals surface area contributed by atoms with E-state index in [1.165, 1.54) is 0 Å². The van der Waals surface area contributed by atoms with Gasteiger partial charge >= 0.3 is 0 Å². The van der Waals surface area contributed by atoms with Gasteiger partial charge in [-0.15, -0.1) is 11.3 Å². The van der Waals surface area contributed by atoms with E-state index in [-0.39, 0.29) is 0 Å². The number of oxazole rings is 1. The van der Waals surface area contributed by atoms with Gasteiger partial charge in [0.15, 0.2) is 5.58 Å². The van der Waals surface area contributed by atoms with Crippen LogP contribution >= 0.6 is 22.9 Å². The number of piperazine rings is 1. The van der Waals surface area contributed by atoms with Gasteiger partial charge in [-0.2, -0.15) is 4.98 Å². The summed E-state index contributed by atoms with van der Waals surface area (Å²) in [5.41, 5.74) is 3.48. The Morgan fingerprint density at radius 2 is 2.18 bits per heavy atom. The molecule has 2 aromatic heterocycles. The highest BCUT2D eigenvalue weighted by molar-refractivity contribution is 7.13. The van der Waals surface area contributed by atoms with E-state index in [1.54, 1.807) is 17.5 Å². The lowest BCUT2D eigenvalue weighted by atomic mass is 10.1. The van der Waals surface area contributed by atoms with Crippen molar-refractivity contribution in [3.05, 3.63) is 28.2 Å². The molecule has 22 heavy (non-hydrogen) atoms. The second kappa shape index (κ2) is 5.53. The molecule has 1 fully saturated rings. The molecule has 0 aliphatic carbocycles. The summed E-state index contributed by atoms with van der Waals surface area (Å²) in [4.78, 5) is 11.2. The zero-order valence-corrected chi connectivity index (χ0v) is 13.7. The lowest BCUT2D eigenvalue weighted by Crippen LogP contribution is -2.43. The fourth-order valence-corrected chi connectivity index (χ4v) is 3.64. The average molecular weight is 335 g/mol. The number of benzene rings is 1. The third-order valence-electron chi connectivity index (χ3n) is 3.90. The van der Waals surface area contributed by atoms with Gasteiger partial charge in [0.05, 0.1) is 5.56 Å². The third kappa shape index (κ3) is 2.27. The number of anilines is 1. The van der Waals surface area contributed by atoms with Crippen LogP contribution in [-0.2, 0) is 0 Å². The molecule has 7 heteroatoms. The van der Waals surface area contributed by atoms with E-state index in [2.05, 4.69) is 20.2 Å². The van der Waals surface area contributed by atoms with Crippen LogP contribution in [0.15, 0.2) is 22.1 Å². The first-order valence-corrected chi connectivity index (χ1v) is 8.45. The highest BCUT2D eigenvalue weighted by Gasteiger charge is 2.21.